The number of carbonyl (C=O) groups excluding carboxylic acids is 1. The molecule has 4 nitrogen and oxygen atoms in total. The SMILES string of the molecule is C1=CNCCN1.O=C1CSC=CN1. The van der Waals surface area contributed by atoms with Crippen molar-refractivity contribution in [1.29, 1.82) is 0 Å². The molecular formula is C8H13N3OS. The third-order valence-electron chi connectivity index (χ3n) is 1.36. The summed E-state index contributed by atoms with van der Waals surface area (Å²) in [4.78, 5) is 10.3. The average Bonchev–Trinajstić information content (AvgIpc) is 2.22. The molecule has 0 saturated carbocycles. The van der Waals surface area contributed by atoms with Crippen LogP contribution in [0.5, 0.6) is 0 Å². The molecule has 0 aromatic carbocycles. The van der Waals surface area contributed by atoms with Crippen LogP contribution in [-0.4, -0.2) is 24.7 Å². The van der Waals surface area contributed by atoms with E-state index in [0.717, 1.165) is 13.1 Å². The quantitative estimate of drug-likeness (QED) is 0.513. The lowest BCUT2D eigenvalue weighted by Crippen LogP contribution is -2.25. The predicted molar refractivity (Wildman–Crippen MR) is 54.9 cm³/mol. The minimum absolute atomic E-state index is 0.0903. The summed E-state index contributed by atoms with van der Waals surface area (Å²) >= 11 is 1.51. The first-order valence-corrected chi connectivity index (χ1v) is 5.12. The van der Waals surface area contributed by atoms with Crippen LogP contribution in [0.25, 0.3) is 0 Å². The standard InChI is InChI=1S/C4H8N2.C4H5NOS/c1-2-6-4-3-5-1;6-4-3-7-2-1-5-4/h1-2,5-6H,3-4H2;1-2H,3H2,(H,5,6). The lowest BCUT2D eigenvalue weighted by atomic mass is 10.5. The van der Waals surface area contributed by atoms with Crippen LogP contribution in [0, 0.1) is 0 Å². The van der Waals surface area contributed by atoms with E-state index in [1.165, 1.54) is 11.8 Å². The van der Waals surface area contributed by atoms with E-state index < -0.39 is 0 Å². The van der Waals surface area contributed by atoms with Crippen molar-refractivity contribution in [3.8, 4) is 0 Å². The Balaban J connectivity index is 0.000000132. The van der Waals surface area contributed by atoms with Gasteiger partial charge in [-0.2, -0.15) is 0 Å². The van der Waals surface area contributed by atoms with Crippen LogP contribution in [0.4, 0.5) is 0 Å². The van der Waals surface area contributed by atoms with Gasteiger partial charge in [-0.25, -0.2) is 0 Å². The summed E-state index contributed by atoms with van der Waals surface area (Å²) in [5, 5.41) is 10.5. The number of thioether (sulfide) groups is 1. The fourth-order valence-corrected chi connectivity index (χ4v) is 1.26. The van der Waals surface area contributed by atoms with Crippen molar-refractivity contribution in [2.75, 3.05) is 18.8 Å². The molecule has 13 heavy (non-hydrogen) atoms. The van der Waals surface area contributed by atoms with Crippen molar-refractivity contribution in [2.24, 2.45) is 0 Å². The molecule has 2 aliphatic heterocycles. The molecule has 0 fully saturated rings. The molecule has 0 saturated heterocycles. The number of rotatable bonds is 0. The molecule has 0 radical (unpaired) electrons. The van der Waals surface area contributed by atoms with Gasteiger partial charge in [0.15, 0.2) is 0 Å². The molecule has 0 aromatic heterocycles. The van der Waals surface area contributed by atoms with Crippen molar-refractivity contribution in [1.82, 2.24) is 16.0 Å². The maximum atomic E-state index is 10.3. The molecular weight excluding hydrogens is 186 g/mol. The lowest BCUT2D eigenvalue weighted by molar-refractivity contribution is -0.117. The zero-order valence-electron chi connectivity index (χ0n) is 7.25. The Morgan fingerprint density at radius 2 is 1.85 bits per heavy atom. The molecule has 0 aliphatic carbocycles. The third-order valence-corrected chi connectivity index (χ3v) is 2.11. The Morgan fingerprint density at radius 3 is 2.08 bits per heavy atom. The molecule has 0 spiro atoms. The summed E-state index contributed by atoms with van der Waals surface area (Å²) in [5.74, 6) is 0.656. The number of nitrogens with one attached hydrogen (secondary N) is 3. The average molecular weight is 199 g/mol. The van der Waals surface area contributed by atoms with Crippen molar-refractivity contribution in [2.45, 2.75) is 0 Å². The van der Waals surface area contributed by atoms with Gasteiger partial charge < -0.3 is 16.0 Å². The van der Waals surface area contributed by atoms with E-state index in [1.54, 1.807) is 6.20 Å². The van der Waals surface area contributed by atoms with Crippen LogP contribution in [0.2, 0.25) is 0 Å². The summed E-state index contributed by atoms with van der Waals surface area (Å²) in [6, 6.07) is 0. The largest absolute Gasteiger partial charge is 0.388 e. The second-order valence-corrected chi connectivity index (χ2v) is 3.32. The van der Waals surface area contributed by atoms with Crippen molar-refractivity contribution in [3.63, 3.8) is 0 Å². The minimum Gasteiger partial charge on any atom is -0.388 e. The third kappa shape index (κ3) is 5.19. The van der Waals surface area contributed by atoms with E-state index in [0.29, 0.717) is 5.75 Å². The highest BCUT2D eigenvalue weighted by Crippen LogP contribution is 2.03. The smallest absolute Gasteiger partial charge is 0.234 e. The molecule has 0 unspecified atom stereocenters. The molecule has 2 rings (SSSR count). The molecule has 2 heterocycles. The van der Waals surface area contributed by atoms with Gasteiger partial charge in [-0.1, -0.05) is 0 Å². The van der Waals surface area contributed by atoms with E-state index in [1.807, 2.05) is 17.8 Å². The number of hydrogen-bond acceptors (Lipinski definition) is 4. The molecule has 2 aliphatic rings. The second kappa shape index (κ2) is 6.42. The summed E-state index contributed by atoms with van der Waals surface area (Å²) in [6.07, 6.45) is 5.46. The zero-order chi connectivity index (χ0) is 9.36. The lowest BCUT2D eigenvalue weighted by Gasteiger charge is -2.05. The van der Waals surface area contributed by atoms with Gasteiger partial charge in [-0.05, 0) is 5.41 Å². The van der Waals surface area contributed by atoms with E-state index >= 15 is 0 Å². The minimum atomic E-state index is 0.0903. The fourth-order valence-electron chi connectivity index (χ4n) is 0.769. The first-order valence-electron chi connectivity index (χ1n) is 4.07. The number of hydrogen-bond donors (Lipinski definition) is 3. The molecule has 72 valence electrons. The molecule has 1 amide bonds. The van der Waals surface area contributed by atoms with Crippen LogP contribution >= 0.6 is 11.8 Å². The van der Waals surface area contributed by atoms with Gasteiger partial charge in [-0.3, -0.25) is 4.79 Å². The Labute approximate surface area is 81.8 Å². The Bertz CT molecular complexity index is 207. The summed E-state index contributed by atoms with van der Waals surface area (Å²) in [5.41, 5.74) is 0. The van der Waals surface area contributed by atoms with Crippen molar-refractivity contribution in [3.05, 3.63) is 24.0 Å². The van der Waals surface area contributed by atoms with Gasteiger partial charge in [0.2, 0.25) is 5.91 Å². The van der Waals surface area contributed by atoms with Crippen LogP contribution in [0.15, 0.2) is 24.0 Å². The highest BCUT2D eigenvalue weighted by atomic mass is 32.2. The monoisotopic (exact) mass is 199 g/mol. The Kier molecular flexibility index (Phi) is 4.93. The highest BCUT2D eigenvalue weighted by Gasteiger charge is 1.98. The maximum absolute atomic E-state index is 10.3. The predicted octanol–water partition coefficient (Wildman–Crippen LogP) is -0.0290. The van der Waals surface area contributed by atoms with Gasteiger partial charge in [0.25, 0.3) is 0 Å². The van der Waals surface area contributed by atoms with Gasteiger partial charge >= 0.3 is 0 Å². The fraction of sp³-hybridized carbons (Fsp3) is 0.375. The number of amides is 1. The summed E-state index contributed by atoms with van der Waals surface area (Å²) in [6.45, 7) is 2.10. The number of carbonyl (C=O) groups is 1. The Morgan fingerprint density at radius 1 is 1.15 bits per heavy atom. The van der Waals surface area contributed by atoms with Crippen molar-refractivity contribution < 1.29 is 4.79 Å². The molecule has 0 bridgehead atoms. The van der Waals surface area contributed by atoms with Gasteiger partial charge in [0.1, 0.15) is 0 Å². The molecule has 0 atom stereocenters. The van der Waals surface area contributed by atoms with E-state index in [2.05, 4.69) is 16.0 Å². The van der Waals surface area contributed by atoms with E-state index in [-0.39, 0.29) is 5.91 Å². The van der Waals surface area contributed by atoms with Crippen LogP contribution in [0.1, 0.15) is 0 Å². The van der Waals surface area contributed by atoms with Crippen LogP contribution in [0.3, 0.4) is 0 Å². The molecule has 0 aromatic rings. The molecule has 5 heteroatoms. The summed E-state index contributed by atoms with van der Waals surface area (Å²) < 4.78 is 0. The van der Waals surface area contributed by atoms with Crippen molar-refractivity contribution >= 4 is 17.7 Å². The molecule has 3 N–H and O–H groups in total. The zero-order valence-corrected chi connectivity index (χ0v) is 8.06. The second-order valence-electron chi connectivity index (χ2n) is 2.42. The maximum Gasteiger partial charge on any atom is 0.234 e. The topological polar surface area (TPSA) is 53.2 Å². The first kappa shape index (κ1) is 9.98. The van der Waals surface area contributed by atoms with Crippen LogP contribution in [-0.2, 0) is 4.79 Å². The first-order chi connectivity index (χ1) is 6.39. The van der Waals surface area contributed by atoms with Crippen LogP contribution < -0.4 is 16.0 Å². The van der Waals surface area contributed by atoms with Gasteiger partial charge in [-0.15, -0.1) is 11.8 Å². The summed E-state index contributed by atoms with van der Waals surface area (Å²) in [7, 11) is 0. The Hall–Kier alpha value is -1.10. The van der Waals surface area contributed by atoms with E-state index in [9.17, 15) is 4.79 Å². The van der Waals surface area contributed by atoms with Gasteiger partial charge in [0, 0.05) is 31.7 Å². The normalized spacial score (nSPS) is 18.9. The van der Waals surface area contributed by atoms with E-state index in [4.69, 9.17) is 0 Å². The van der Waals surface area contributed by atoms with Gasteiger partial charge in [0.05, 0.1) is 5.75 Å². The highest BCUT2D eigenvalue weighted by molar-refractivity contribution is 8.02.